The largest absolute Gasteiger partial charge is 0.322 e. The molecule has 0 spiro atoms. The maximum absolute atomic E-state index is 13.5. The molecule has 3 amide bonds. The van der Waals surface area contributed by atoms with Crippen LogP contribution < -0.4 is 10.6 Å². The molecule has 1 aromatic heterocycles. The predicted octanol–water partition coefficient (Wildman–Crippen LogP) is 5.95. The van der Waals surface area contributed by atoms with Crippen molar-refractivity contribution < 1.29 is 14.0 Å². The van der Waals surface area contributed by atoms with Gasteiger partial charge in [0.1, 0.15) is 18.2 Å². The Hall–Kier alpha value is -4.20. The normalized spacial score (nSPS) is 11.4. The molecule has 0 aliphatic rings. The molecule has 0 bridgehead atoms. The Labute approximate surface area is 209 Å². The SMILES string of the molecule is CCN(CC(=O)Nc1cc(C(C)(C)C)nn1-c1ccc(F)cc1)C(=O)Nc1cccc2ccccc12. The number of nitrogens with one attached hydrogen (secondary N) is 2. The molecule has 4 rings (SSSR count). The van der Waals surface area contributed by atoms with E-state index in [4.69, 9.17) is 0 Å². The van der Waals surface area contributed by atoms with Gasteiger partial charge in [0, 0.05) is 23.4 Å². The number of amides is 3. The number of aromatic nitrogens is 2. The van der Waals surface area contributed by atoms with Crippen molar-refractivity contribution in [2.75, 3.05) is 23.7 Å². The molecule has 0 fully saturated rings. The Kier molecular flexibility index (Phi) is 7.05. The molecular formula is C28H30FN5O2. The molecule has 4 aromatic rings. The zero-order valence-corrected chi connectivity index (χ0v) is 20.9. The van der Waals surface area contributed by atoms with Gasteiger partial charge in [-0.1, -0.05) is 57.2 Å². The molecular weight excluding hydrogens is 457 g/mol. The molecule has 186 valence electrons. The summed E-state index contributed by atoms with van der Waals surface area (Å²) in [5.41, 5.74) is 1.80. The smallest absolute Gasteiger partial charge is 0.315 e. The minimum absolute atomic E-state index is 0.146. The van der Waals surface area contributed by atoms with Crippen LogP contribution in [0.5, 0.6) is 0 Å². The third-order valence-electron chi connectivity index (χ3n) is 5.85. The van der Waals surface area contributed by atoms with E-state index >= 15 is 0 Å². The molecule has 1 heterocycles. The van der Waals surface area contributed by atoms with Gasteiger partial charge < -0.3 is 15.5 Å². The minimum Gasteiger partial charge on any atom is -0.315 e. The Morgan fingerprint density at radius 2 is 1.67 bits per heavy atom. The van der Waals surface area contributed by atoms with Crippen molar-refractivity contribution in [2.24, 2.45) is 0 Å². The van der Waals surface area contributed by atoms with Gasteiger partial charge in [-0.2, -0.15) is 5.10 Å². The van der Waals surface area contributed by atoms with Gasteiger partial charge in [0.15, 0.2) is 0 Å². The van der Waals surface area contributed by atoms with Crippen LogP contribution in [-0.2, 0) is 10.2 Å². The van der Waals surface area contributed by atoms with E-state index in [9.17, 15) is 14.0 Å². The van der Waals surface area contributed by atoms with E-state index in [0.717, 1.165) is 16.5 Å². The zero-order valence-electron chi connectivity index (χ0n) is 20.9. The number of likely N-dealkylation sites (N-methyl/N-ethyl adjacent to an activating group) is 1. The summed E-state index contributed by atoms with van der Waals surface area (Å²) in [6.45, 7) is 8.07. The number of urea groups is 1. The molecule has 7 nitrogen and oxygen atoms in total. The van der Waals surface area contributed by atoms with Crippen molar-refractivity contribution in [2.45, 2.75) is 33.1 Å². The molecule has 36 heavy (non-hydrogen) atoms. The van der Waals surface area contributed by atoms with Crippen molar-refractivity contribution >= 4 is 34.2 Å². The third-order valence-corrected chi connectivity index (χ3v) is 5.85. The summed E-state index contributed by atoms with van der Waals surface area (Å²) >= 11 is 0. The summed E-state index contributed by atoms with van der Waals surface area (Å²) in [6, 6.07) is 20.8. The number of hydrogen-bond donors (Lipinski definition) is 2. The third kappa shape index (κ3) is 5.54. The van der Waals surface area contributed by atoms with Crippen LogP contribution in [0.1, 0.15) is 33.4 Å². The number of carbonyl (C=O) groups excluding carboxylic acids is 2. The number of hydrogen-bond acceptors (Lipinski definition) is 3. The van der Waals surface area contributed by atoms with E-state index in [2.05, 4.69) is 15.7 Å². The fourth-order valence-corrected chi connectivity index (χ4v) is 3.83. The number of benzene rings is 3. The van der Waals surface area contributed by atoms with Crippen LogP contribution in [0.3, 0.4) is 0 Å². The zero-order chi connectivity index (χ0) is 25.9. The standard InChI is InChI=1S/C28H30FN5O2/c1-5-33(27(36)30-23-12-8-10-19-9-6-7-11-22(19)23)18-26(35)31-25-17-24(28(2,3)4)32-34(25)21-15-13-20(29)14-16-21/h6-17H,5,18H2,1-4H3,(H,30,36)(H,31,35). The van der Waals surface area contributed by atoms with Gasteiger partial charge >= 0.3 is 6.03 Å². The van der Waals surface area contributed by atoms with E-state index in [1.54, 1.807) is 22.9 Å². The average Bonchev–Trinajstić information content (AvgIpc) is 3.27. The van der Waals surface area contributed by atoms with Crippen LogP contribution in [0.15, 0.2) is 72.8 Å². The van der Waals surface area contributed by atoms with Gasteiger partial charge in [-0.25, -0.2) is 13.9 Å². The van der Waals surface area contributed by atoms with Crippen LogP contribution in [0.25, 0.3) is 16.5 Å². The highest BCUT2D eigenvalue weighted by Gasteiger charge is 2.23. The topological polar surface area (TPSA) is 79.3 Å². The summed E-state index contributed by atoms with van der Waals surface area (Å²) in [4.78, 5) is 27.5. The van der Waals surface area contributed by atoms with E-state index in [-0.39, 0.29) is 29.7 Å². The van der Waals surface area contributed by atoms with Crippen molar-refractivity contribution in [1.82, 2.24) is 14.7 Å². The summed E-state index contributed by atoms with van der Waals surface area (Å²) in [5.74, 6) is -0.279. The Morgan fingerprint density at radius 1 is 0.972 bits per heavy atom. The molecule has 0 unspecified atom stereocenters. The number of nitrogens with zero attached hydrogens (tertiary/aromatic N) is 3. The molecule has 0 aliphatic heterocycles. The highest BCUT2D eigenvalue weighted by atomic mass is 19.1. The molecule has 0 saturated heterocycles. The summed E-state index contributed by atoms with van der Waals surface area (Å²) in [5, 5.41) is 12.4. The first-order valence-corrected chi connectivity index (χ1v) is 11.9. The number of anilines is 2. The summed E-state index contributed by atoms with van der Waals surface area (Å²) in [7, 11) is 0. The van der Waals surface area contributed by atoms with Gasteiger partial charge in [0.05, 0.1) is 17.1 Å². The van der Waals surface area contributed by atoms with E-state index in [1.807, 2.05) is 70.2 Å². The number of carbonyl (C=O) groups is 2. The van der Waals surface area contributed by atoms with Gasteiger partial charge in [-0.3, -0.25) is 4.79 Å². The Balaban J connectivity index is 1.52. The quantitative estimate of drug-likeness (QED) is 0.352. The summed E-state index contributed by atoms with van der Waals surface area (Å²) < 4.78 is 15.0. The van der Waals surface area contributed by atoms with E-state index < -0.39 is 0 Å². The molecule has 8 heteroatoms. The lowest BCUT2D eigenvalue weighted by Gasteiger charge is -2.21. The molecule has 0 radical (unpaired) electrons. The van der Waals surface area contributed by atoms with Crippen LogP contribution in [0.2, 0.25) is 0 Å². The highest BCUT2D eigenvalue weighted by Crippen LogP contribution is 2.27. The second kappa shape index (κ2) is 10.2. The lowest BCUT2D eigenvalue weighted by atomic mass is 9.92. The van der Waals surface area contributed by atoms with Gasteiger partial charge in [0.2, 0.25) is 5.91 Å². The first-order chi connectivity index (χ1) is 17.2. The fraction of sp³-hybridized carbons (Fsp3) is 0.250. The van der Waals surface area contributed by atoms with Gasteiger partial charge in [0.25, 0.3) is 0 Å². The first-order valence-electron chi connectivity index (χ1n) is 11.9. The second-order valence-corrected chi connectivity index (χ2v) is 9.57. The molecule has 2 N–H and O–H groups in total. The number of rotatable bonds is 6. The fourth-order valence-electron chi connectivity index (χ4n) is 3.83. The number of fused-ring (bicyclic) bond motifs is 1. The van der Waals surface area contributed by atoms with Crippen molar-refractivity contribution in [3.8, 4) is 5.69 Å². The molecule has 0 aliphatic carbocycles. The second-order valence-electron chi connectivity index (χ2n) is 9.57. The first kappa shape index (κ1) is 24.9. The molecule has 0 atom stereocenters. The van der Waals surface area contributed by atoms with Crippen molar-refractivity contribution in [1.29, 1.82) is 0 Å². The van der Waals surface area contributed by atoms with Crippen LogP contribution >= 0.6 is 0 Å². The van der Waals surface area contributed by atoms with Crippen molar-refractivity contribution in [3.05, 3.63) is 84.3 Å². The Morgan fingerprint density at radius 3 is 2.36 bits per heavy atom. The lowest BCUT2D eigenvalue weighted by Crippen LogP contribution is -2.40. The van der Waals surface area contributed by atoms with Gasteiger partial charge in [-0.15, -0.1) is 0 Å². The maximum atomic E-state index is 13.5. The molecule has 0 saturated carbocycles. The van der Waals surface area contributed by atoms with Gasteiger partial charge in [-0.05, 0) is 42.6 Å². The maximum Gasteiger partial charge on any atom is 0.322 e. The lowest BCUT2D eigenvalue weighted by molar-refractivity contribution is -0.116. The van der Waals surface area contributed by atoms with E-state index in [1.165, 1.54) is 17.0 Å². The van der Waals surface area contributed by atoms with Crippen LogP contribution in [-0.4, -0.2) is 39.7 Å². The van der Waals surface area contributed by atoms with E-state index in [0.29, 0.717) is 23.7 Å². The minimum atomic E-state index is -0.369. The monoisotopic (exact) mass is 487 g/mol. The Bertz CT molecular complexity index is 1380. The van der Waals surface area contributed by atoms with Crippen LogP contribution in [0.4, 0.5) is 20.7 Å². The highest BCUT2D eigenvalue weighted by molar-refractivity contribution is 6.03. The van der Waals surface area contributed by atoms with Crippen LogP contribution in [0, 0.1) is 5.82 Å². The summed E-state index contributed by atoms with van der Waals surface area (Å²) in [6.07, 6.45) is 0. The van der Waals surface area contributed by atoms with Crippen molar-refractivity contribution in [3.63, 3.8) is 0 Å². The average molecular weight is 488 g/mol. The predicted molar refractivity (Wildman–Crippen MR) is 141 cm³/mol. The molecule has 3 aromatic carbocycles. The number of halogens is 1.